The van der Waals surface area contributed by atoms with Crippen LogP contribution in [0, 0.1) is 5.92 Å². The maximum Gasteiger partial charge on any atom is 0.0713 e. The van der Waals surface area contributed by atoms with Gasteiger partial charge in [0.25, 0.3) is 0 Å². The van der Waals surface area contributed by atoms with E-state index in [0.717, 1.165) is 12.8 Å². The van der Waals surface area contributed by atoms with Crippen molar-refractivity contribution in [1.29, 1.82) is 0 Å². The summed E-state index contributed by atoms with van der Waals surface area (Å²) in [5.74, 6) is 0.437. The maximum atomic E-state index is 10.6. The van der Waals surface area contributed by atoms with Gasteiger partial charge >= 0.3 is 0 Å². The van der Waals surface area contributed by atoms with E-state index in [4.69, 9.17) is 0 Å². The highest BCUT2D eigenvalue weighted by Crippen LogP contribution is 2.35. The van der Waals surface area contributed by atoms with Crippen molar-refractivity contribution >= 4 is 0 Å². The quantitative estimate of drug-likeness (QED) is 0.813. The number of rotatable bonds is 2. The zero-order valence-electron chi connectivity index (χ0n) is 11.4. The fourth-order valence-electron chi connectivity index (χ4n) is 2.61. The molecule has 0 aromatic heterocycles. The first-order valence-electron chi connectivity index (χ1n) is 6.97. The molecule has 1 aromatic rings. The third kappa shape index (κ3) is 3.85. The molecule has 96 valence electrons. The predicted molar refractivity (Wildman–Crippen MR) is 74.1 cm³/mol. The minimum atomic E-state index is -0.459. The average molecular weight is 234 g/mol. The van der Waals surface area contributed by atoms with Crippen LogP contribution < -0.4 is 0 Å². The molecule has 1 aliphatic rings. The molecule has 17 heavy (non-hydrogen) atoms. The van der Waals surface area contributed by atoms with Crippen LogP contribution in [0.5, 0.6) is 0 Å². The van der Waals surface area contributed by atoms with Crippen LogP contribution in [-0.2, 0) is 6.42 Å². The van der Waals surface area contributed by atoms with Gasteiger partial charge in [0, 0.05) is 6.42 Å². The molecule has 1 N–H and O–H groups in total. The summed E-state index contributed by atoms with van der Waals surface area (Å²) in [7, 11) is 0. The van der Waals surface area contributed by atoms with Gasteiger partial charge in [-0.05, 0) is 24.3 Å². The molecule has 0 saturated heterocycles. The first-order valence-corrected chi connectivity index (χ1v) is 6.97. The average Bonchev–Trinajstić information content (AvgIpc) is 2.37. The molecule has 1 heteroatoms. The third-order valence-corrected chi connectivity index (χ3v) is 3.77. The summed E-state index contributed by atoms with van der Waals surface area (Å²) < 4.78 is 0. The molecule has 2 rings (SSSR count). The Morgan fingerprint density at radius 2 is 1.82 bits per heavy atom. The molecule has 0 aliphatic heterocycles. The Bertz CT molecular complexity index is 307. The molecule has 1 nitrogen and oxygen atoms in total. The Balaban J connectivity index is 0.000000686. The molecule has 0 radical (unpaired) electrons. The van der Waals surface area contributed by atoms with E-state index in [-0.39, 0.29) is 0 Å². The van der Waals surface area contributed by atoms with Crippen LogP contribution in [0.3, 0.4) is 0 Å². The van der Waals surface area contributed by atoms with Crippen LogP contribution in [0.4, 0.5) is 0 Å². The van der Waals surface area contributed by atoms with E-state index in [1.165, 1.54) is 24.8 Å². The van der Waals surface area contributed by atoms with Crippen LogP contribution in [0.15, 0.2) is 30.3 Å². The van der Waals surface area contributed by atoms with Gasteiger partial charge in [0.15, 0.2) is 0 Å². The van der Waals surface area contributed by atoms with Gasteiger partial charge in [0.1, 0.15) is 0 Å². The van der Waals surface area contributed by atoms with E-state index in [1.807, 2.05) is 32.0 Å². The molecule has 0 amide bonds. The monoisotopic (exact) mass is 234 g/mol. The van der Waals surface area contributed by atoms with Gasteiger partial charge in [0.05, 0.1) is 5.60 Å². The Hall–Kier alpha value is -0.820. The number of hydrogen-bond donors (Lipinski definition) is 1. The van der Waals surface area contributed by atoms with E-state index in [9.17, 15) is 5.11 Å². The second-order valence-electron chi connectivity index (χ2n) is 4.91. The maximum absolute atomic E-state index is 10.6. The summed E-state index contributed by atoms with van der Waals surface area (Å²) >= 11 is 0. The largest absolute Gasteiger partial charge is 0.389 e. The van der Waals surface area contributed by atoms with Crippen molar-refractivity contribution in [2.75, 3.05) is 0 Å². The molecule has 1 aliphatic carbocycles. The fraction of sp³-hybridized carbons (Fsp3) is 0.625. The Morgan fingerprint density at radius 1 is 1.18 bits per heavy atom. The Labute approximate surface area is 106 Å². The predicted octanol–water partition coefficient (Wildman–Crippen LogP) is 4.20. The molecule has 1 fully saturated rings. The zero-order valence-corrected chi connectivity index (χ0v) is 11.4. The minimum Gasteiger partial charge on any atom is -0.389 e. The van der Waals surface area contributed by atoms with E-state index >= 15 is 0 Å². The van der Waals surface area contributed by atoms with Gasteiger partial charge < -0.3 is 5.11 Å². The molecule has 0 bridgehead atoms. The molecule has 2 atom stereocenters. The summed E-state index contributed by atoms with van der Waals surface area (Å²) in [5.41, 5.74) is 0.799. The SMILES string of the molecule is CC.CC1CCCCC1(O)Cc1ccccc1. The third-order valence-electron chi connectivity index (χ3n) is 3.77. The number of benzene rings is 1. The molecule has 0 spiro atoms. The van der Waals surface area contributed by atoms with Gasteiger partial charge in [-0.3, -0.25) is 0 Å². The first-order chi connectivity index (χ1) is 8.21. The Morgan fingerprint density at radius 3 is 2.41 bits per heavy atom. The minimum absolute atomic E-state index is 0.437. The van der Waals surface area contributed by atoms with Gasteiger partial charge in [-0.15, -0.1) is 0 Å². The number of aliphatic hydroxyl groups is 1. The van der Waals surface area contributed by atoms with Crippen LogP contribution in [0.2, 0.25) is 0 Å². The van der Waals surface area contributed by atoms with Crippen molar-refractivity contribution in [2.24, 2.45) is 5.92 Å². The van der Waals surface area contributed by atoms with Crippen molar-refractivity contribution < 1.29 is 5.11 Å². The lowest BCUT2D eigenvalue weighted by molar-refractivity contribution is -0.0405. The second-order valence-corrected chi connectivity index (χ2v) is 4.91. The summed E-state index contributed by atoms with van der Waals surface area (Å²) in [6.45, 7) is 6.18. The van der Waals surface area contributed by atoms with Crippen molar-refractivity contribution in [3.63, 3.8) is 0 Å². The molecular formula is C16H26O. The van der Waals surface area contributed by atoms with Gasteiger partial charge in [-0.25, -0.2) is 0 Å². The normalized spacial score (nSPS) is 28.1. The summed E-state index contributed by atoms with van der Waals surface area (Å²) in [5, 5.41) is 10.6. The fourth-order valence-corrected chi connectivity index (χ4v) is 2.61. The number of hydrogen-bond acceptors (Lipinski definition) is 1. The van der Waals surface area contributed by atoms with E-state index < -0.39 is 5.60 Å². The summed E-state index contributed by atoms with van der Waals surface area (Å²) in [6, 6.07) is 10.3. The second kappa shape index (κ2) is 6.80. The molecule has 2 unspecified atom stereocenters. The highest BCUT2D eigenvalue weighted by Gasteiger charge is 2.35. The van der Waals surface area contributed by atoms with Gasteiger partial charge in [-0.1, -0.05) is 63.9 Å². The standard InChI is InChI=1S/C14H20O.C2H6/c1-12-7-5-6-10-14(12,15)11-13-8-3-2-4-9-13;1-2/h2-4,8-9,12,15H,5-7,10-11H2,1H3;1-2H3. The van der Waals surface area contributed by atoms with Crippen LogP contribution in [0.25, 0.3) is 0 Å². The van der Waals surface area contributed by atoms with Crippen LogP contribution in [0.1, 0.15) is 52.0 Å². The molecule has 1 aromatic carbocycles. The lowest BCUT2D eigenvalue weighted by atomic mass is 9.73. The lowest BCUT2D eigenvalue weighted by Gasteiger charge is -2.38. The lowest BCUT2D eigenvalue weighted by Crippen LogP contribution is -2.41. The summed E-state index contributed by atoms with van der Waals surface area (Å²) in [4.78, 5) is 0. The van der Waals surface area contributed by atoms with E-state index in [2.05, 4.69) is 19.1 Å². The highest BCUT2D eigenvalue weighted by molar-refractivity contribution is 5.17. The van der Waals surface area contributed by atoms with Gasteiger partial charge in [-0.2, -0.15) is 0 Å². The van der Waals surface area contributed by atoms with E-state index in [1.54, 1.807) is 0 Å². The smallest absolute Gasteiger partial charge is 0.0713 e. The molecule has 0 heterocycles. The van der Waals surface area contributed by atoms with Crippen LogP contribution in [-0.4, -0.2) is 10.7 Å². The van der Waals surface area contributed by atoms with Crippen molar-refractivity contribution in [2.45, 2.75) is 58.5 Å². The molecule has 1 saturated carbocycles. The van der Waals surface area contributed by atoms with Crippen molar-refractivity contribution in [1.82, 2.24) is 0 Å². The van der Waals surface area contributed by atoms with Gasteiger partial charge in [0.2, 0.25) is 0 Å². The Kier molecular flexibility index (Phi) is 5.70. The topological polar surface area (TPSA) is 20.2 Å². The van der Waals surface area contributed by atoms with E-state index in [0.29, 0.717) is 5.92 Å². The first kappa shape index (κ1) is 14.2. The molecular weight excluding hydrogens is 208 g/mol. The van der Waals surface area contributed by atoms with Crippen molar-refractivity contribution in [3.8, 4) is 0 Å². The van der Waals surface area contributed by atoms with Crippen molar-refractivity contribution in [3.05, 3.63) is 35.9 Å². The van der Waals surface area contributed by atoms with Crippen LogP contribution >= 0.6 is 0 Å². The summed E-state index contributed by atoms with van der Waals surface area (Å²) in [6.07, 6.45) is 5.40. The zero-order chi connectivity index (χ0) is 12.7. The highest BCUT2D eigenvalue weighted by atomic mass is 16.3.